The Morgan fingerprint density at radius 1 is 1.29 bits per heavy atom. The summed E-state index contributed by atoms with van der Waals surface area (Å²) in [5.74, 6) is 0.114. The summed E-state index contributed by atoms with van der Waals surface area (Å²) in [6.45, 7) is 9.23. The van der Waals surface area contributed by atoms with Gasteiger partial charge in [0.25, 0.3) is 0 Å². The third-order valence-electron chi connectivity index (χ3n) is 5.25. The summed E-state index contributed by atoms with van der Waals surface area (Å²) in [5, 5.41) is 0.295. The molecule has 1 unspecified atom stereocenters. The largest absolute Gasteiger partial charge is 0.492 e. The number of aromatic nitrogens is 3. The van der Waals surface area contributed by atoms with Crippen molar-refractivity contribution in [1.82, 2.24) is 15.0 Å². The topological polar surface area (TPSA) is 86.3 Å². The Hall–Kier alpha value is -2.36. The van der Waals surface area contributed by atoms with E-state index in [1.54, 1.807) is 12.3 Å². The van der Waals surface area contributed by atoms with Crippen molar-refractivity contribution in [2.75, 3.05) is 19.8 Å². The van der Waals surface area contributed by atoms with E-state index in [0.717, 1.165) is 16.9 Å². The Morgan fingerprint density at radius 2 is 2.03 bits per heavy atom. The van der Waals surface area contributed by atoms with Gasteiger partial charge in [0, 0.05) is 23.2 Å². The summed E-state index contributed by atoms with van der Waals surface area (Å²) < 4.78 is 43.8. The van der Waals surface area contributed by atoms with Gasteiger partial charge >= 0.3 is 0 Å². The van der Waals surface area contributed by atoms with Crippen LogP contribution in [0.1, 0.15) is 30.7 Å². The third-order valence-corrected chi connectivity index (χ3v) is 6.41. The highest BCUT2D eigenvalue weighted by Gasteiger charge is 2.29. The lowest BCUT2D eigenvalue weighted by Crippen LogP contribution is -2.41. The number of hydrogen-bond acceptors (Lipinski definition) is 6. The molecule has 2 aromatic heterocycles. The molecule has 31 heavy (non-hydrogen) atoms. The van der Waals surface area contributed by atoms with Crippen LogP contribution in [0.15, 0.2) is 29.6 Å². The molecule has 1 aliphatic rings. The molecular formula is C22H26FN3O4S. The first-order valence-electron chi connectivity index (χ1n) is 10.1. The minimum atomic E-state index is -1.46. The minimum Gasteiger partial charge on any atom is -0.492 e. The SMILES string of the molecule is Cc1cnc(CS(=O)c2nc3ccc(F)cc3[nH]2)c(C)c1OCC1COC(C)(C)OC1. The molecule has 0 radical (unpaired) electrons. The molecule has 1 N–H and O–H groups in total. The van der Waals surface area contributed by atoms with Crippen LogP contribution in [0.4, 0.5) is 4.39 Å². The molecule has 4 rings (SSSR count). The van der Waals surface area contributed by atoms with Crippen LogP contribution in [0.3, 0.4) is 0 Å². The van der Waals surface area contributed by atoms with Gasteiger partial charge in [0.1, 0.15) is 11.6 Å². The van der Waals surface area contributed by atoms with Gasteiger partial charge in [-0.2, -0.15) is 0 Å². The first-order chi connectivity index (χ1) is 14.7. The van der Waals surface area contributed by atoms with Crippen molar-refractivity contribution in [3.63, 3.8) is 0 Å². The molecule has 0 aliphatic carbocycles. The molecule has 166 valence electrons. The van der Waals surface area contributed by atoms with E-state index in [9.17, 15) is 8.60 Å². The highest BCUT2D eigenvalue weighted by atomic mass is 32.2. The number of hydrogen-bond donors (Lipinski definition) is 1. The van der Waals surface area contributed by atoms with E-state index in [-0.39, 0.29) is 17.5 Å². The van der Waals surface area contributed by atoms with Gasteiger partial charge in [0.05, 0.1) is 53.1 Å². The van der Waals surface area contributed by atoms with Crippen LogP contribution >= 0.6 is 0 Å². The second-order valence-electron chi connectivity index (χ2n) is 8.23. The fourth-order valence-electron chi connectivity index (χ4n) is 3.41. The number of ether oxygens (including phenoxy) is 3. The fraction of sp³-hybridized carbons (Fsp3) is 0.455. The van der Waals surface area contributed by atoms with Crippen LogP contribution in [0.5, 0.6) is 5.75 Å². The lowest BCUT2D eigenvalue weighted by molar-refractivity contribution is -0.264. The second-order valence-corrected chi connectivity index (χ2v) is 9.60. The molecule has 1 fully saturated rings. The predicted molar refractivity (Wildman–Crippen MR) is 115 cm³/mol. The van der Waals surface area contributed by atoms with Crippen molar-refractivity contribution >= 4 is 21.8 Å². The summed E-state index contributed by atoms with van der Waals surface area (Å²) >= 11 is 0. The summed E-state index contributed by atoms with van der Waals surface area (Å²) in [6.07, 6.45) is 1.72. The summed E-state index contributed by atoms with van der Waals surface area (Å²) in [5.41, 5.74) is 3.50. The van der Waals surface area contributed by atoms with Gasteiger partial charge in [-0.15, -0.1) is 0 Å². The van der Waals surface area contributed by atoms with E-state index in [4.69, 9.17) is 14.2 Å². The number of halogens is 1. The zero-order chi connectivity index (χ0) is 22.2. The number of nitrogens with zero attached hydrogens (tertiary/aromatic N) is 2. The average molecular weight is 448 g/mol. The van der Waals surface area contributed by atoms with E-state index < -0.39 is 16.6 Å². The van der Waals surface area contributed by atoms with Gasteiger partial charge in [-0.3, -0.25) is 9.19 Å². The van der Waals surface area contributed by atoms with Gasteiger partial charge in [0.2, 0.25) is 0 Å². The van der Waals surface area contributed by atoms with Crippen LogP contribution in [-0.2, 0) is 26.0 Å². The van der Waals surface area contributed by atoms with E-state index in [1.807, 2.05) is 27.7 Å². The normalized spacial score (nSPS) is 17.7. The lowest BCUT2D eigenvalue weighted by Gasteiger charge is -2.34. The maximum Gasteiger partial charge on any atom is 0.197 e. The molecule has 0 spiro atoms. The van der Waals surface area contributed by atoms with E-state index in [1.165, 1.54) is 12.1 Å². The molecule has 0 bridgehead atoms. The summed E-state index contributed by atoms with van der Waals surface area (Å²) in [6, 6.07) is 4.22. The Balaban J connectivity index is 1.46. The van der Waals surface area contributed by atoms with E-state index >= 15 is 0 Å². The number of pyridine rings is 1. The van der Waals surface area contributed by atoms with Gasteiger partial charge in [-0.05, 0) is 45.9 Å². The second kappa shape index (κ2) is 8.64. The van der Waals surface area contributed by atoms with E-state index in [0.29, 0.717) is 41.7 Å². The summed E-state index contributed by atoms with van der Waals surface area (Å²) in [4.78, 5) is 11.7. The first-order valence-corrected chi connectivity index (χ1v) is 11.4. The molecule has 1 aliphatic heterocycles. The van der Waals surface area contributed by atoms with Gasteiger partial charge in [-0.25, -0.2) is 9.37 Å². The molecule has 1 aromatic carbocycles. The number of aryl methyl sites for hydroxylation is 1. The van der Waals surface area contributed by atoms with Crippen molar-refractivity contribution < 1.29 is 22.8 Å². The number of imidazole rings is 1. The Labute approximate surface area is 182 Å². The van der Waals surface area contributed by atoms with Gasteiger partial charge in [-0.1, -0.05) is 0 Å². The number of benzene rings is 1. The molecule has 0 amide bonds. The van der Waals surface area contributed by atoms with Crippen molar-refractivity contribution in [2.24, 2.45) is 5.92 Å². The maximum absolute atomic E-state index is 13.4. The summed E-state index contributed by atoms with van der Waals surface area (Å²) in [7, 11) is -1.46. The quantitative estimate of drug-likeness (QED) is 0.619. The molecule has 9 heteroatoms. The predicted octanol–water partition coefficient (Wildman–Crippen LogP) is 3.80. The first kappa shape index (κ1) is 21.9. The third kappa shape index (κ3) is 4.94. The Morgan fingerprint density at radius 3 is 2.77 bits per heavy atom. The molecule has 3 heterocycles. The standard InChI is InChI=1S/C22H26FN3O4S/c1-13-8-24-19(12-31(27)21-25-17-6-5-16(23)7-18(17)26-21)14(2)20(13)28-9-15-10-29-22(3,4)30-11-15/h5-8,15H,9-12H2,1-4H3,(H,25,26). The number of fused-ring (bicyclic) bond motifs is 1. The van der Waals surface area contributed by atoms with E-state index in [2.05, 4.69) is 15.0 Å². The zero-order valence-corrected chi connectivity index (χ0v) is 18.8. The van der Waals surface area contributed by atoms with Crippen LogP contribution < -0.4 is 4.74 Å². The highest BCUT2D eigenvalue weighted by molar-refractivity contribution is 7.84. The molecule has 3 aromatic rings. The van der Waals surface area contributed by atoms with Gasteiger partial charge < -0.3 is 19.2 Å². The maximum atomic E-state index is 13.4. The van der Waals surface area contributed by atoms with Crippen LogP contribution in [0, 0.1) is 25.6 Å². The van der Waals surface area contributed by atoms with Crippen molar-refractivity contribution in [2.45, 2.75) is 44.4 Å². The van der Waals surface area contributed by atoms with Crippen molar-refractivity contribution in [3.8, 4) is 5.75 Å². The number of nitrogens with one attached hydrogen (secondary N) is 1. The van der Waals surface area contributed by atoms with Crippen LogP contribution in [0.25, 0.3) is 11.0 Å². The highest BCUT2D eigenvalue weighted by Crippen LogP contribution is 2.28. The molecule has 1 atom stereocenters. The zero-order valence-electron chi connectivity index (χ0n) is 18.0. The number of H-pyrrole nitrogens is 1. The van der Waals surface area contributed by atoms with Crippen LogP contribution in [-0.4, -0.2) is 44.8 Å². The van der Waals surface area contributed by atoms with Crippen molar-refractivity contribution in [3.05, 3.63) is 47.0 Å². The number of rotatable bonds is 6. The Bertz CT molecular complexity index is 1120. The smallest absolute Gasteiger partial charge is 0.197 e. The molecule has 0 saturated carbocycles. The molecular weight excluding hydrogens is 421 g/mol. The minimum absolute atomic E-state index is 0.133. The lowest BCUT2D eigenvalue weighted by atomic mass is 10.1. The fourth-order valence-corrected chi connectivity index (χ4v) is 4.51. The molecule has 7 nitrogen and oxygen atoms in total. The average Bonchev–Trinajstić information content (AvgIpc) is 3.14. The van der Waals surface area contributed by atoms with Crippen molar-refractivity contribution in [1.29, 1.82) is 0 Å². The molecule has 1 saturated heterocycles. The van der Waals surface area contributed by atoms with Crippen LogP contribution in [0.2, 0.25) is 0 Å². The number of aromatic amines is 1. The Kier molecular flexibility index (Phi) is 6.09. The van der Waals surface area contributed by atoms with Gasteiger partial charge in [0.15, 0.2) is 10.9 Å². The monoisotopic (exact) mass is 447 g/mol.